The lowest BCUT2D eigenvalue weighted by molar-refractivity contribution is -0.137. The number of carbonyl (C=O) groups excluding carboxylic acids is 1. The molecule has 0 amide bonds. The Morgan fingerprint density at radius 3 is 2.41 bits per heavy atom. The van der Waals surface area contributed by atoms with E-state index in [0.29, 0.717) is 6.61 Å². The van der Waals surface area contributed by atoms with Crippen molar-refractivity contribution in [1.29, 1.82) is 0 Å². The number of hydrogen-bond acceptors (Lipinski definition) is 4. The van der Waals surface area contributed by atoms with Crippen molar-refractivity contribution in [1.82, 2.24) is 9.97 Å². The molecule has 0 radical (unpaired) electrons. The van der Waals surface area contributed by atoms with Gasteiger partial charge in [0.2, 0.25) is 0 Å². The summed E-state index contributed by atoms with van der Waals surface area (Å²) in [7, 11) is 0. The molecule has 0 saturated carbocycles. The highest BCUT2D eigenvalue weighted by atomic mass is 16.5. The van der Waals surface area contributed by atoms with E-state index in [0.717, 1.165) is 35.5 Å². The van der Waals surface area contributed by atoms with Crippen LogP contribution >= 0.6 is 0 Å². The summed E-state index contributed by atoms with van der Waals surface area (Å²) in [5.41, 5.74) is 3.73. The maximum Gasteiger partial charge on any atom is 0.331 e. The molecule has 0 fully saturated rings. The average Bonchev–Trinajstić information content (AvgIpc) is 2.44. The standard InChI is InChI=1S/C18H26N2O2/c1-7-22-14(21)10-12(2)13-11-19-15-16(20-13)18(5,6)9-8-17(15,3)4/h10-11H,7-9H2,1-6H3. The second-order valence-electron chi connectivity index (χ2n) is 7.30. The van der Waals surface area contributed by atoms with Crippen LogP contribution in [0.25, 0.3) is 5.57 Å². The van der Waals surface area contributed by atoms with E-state index in [-0.39, 0.29) is 16.8 Å². The minimum Gasteiger partial charge on any atom is -0.463 e. The van der Waals surface area contributed by atoms with Gasteiger partial charge in [0.05, 0.1) is 29.9 Å². The van der Waals surface area contributed by atoms with Gasteiger partial charge < -0.3 is 4.74 Å². The quantitative estimate of drug-likeness (QED) is 0.629. The van der Waals surface area contributed by atoms with Crippen molar-refractivity contribution >= 4 is 11.5 Å². The van der Waals surface area contributed by atoms with E-state index < -0.39 is 0 Å². The molecule has 2 rings (SSSR count). The molecule has 0 unspecified atom stereocenters. The van der Waals surface area contributed by atoms with Crippen LogP contribution < -0.4 is 0 Å². The number of allylic oxidation sites excluding steroid dienone is 1. The number of ether oxygens (including phenoxy) is 1. The van der Waals surface area contributed by atoms with Crippen molar-refractivity contribution in [2.45, 2.75) is 65.2 Å². The van der Waals surface area contributed by atoms with Crippen molar-refractivity contribution in [2.75, 3.05) is 6.61 Å². The molecule has 4 heteroatoms. The van der Waals surface area contributed by atoms with E-state index in [9.17, 15) is 4.79 Å². The van der Waals surface area contributed by atoms with E-state index in [4.69, 9.17) is 9.72 Å². The Balaban J connectivity index is 2.44. The second-order valence-corrected chi connectivity index (χ2v) is 7.30. The first kappa shape index (κ1) is 16.7. The smallest absolute Gasteiger partial charge is 0.331 e. The molecular formula is C18H26N2O2. The number of rotatable bonds is 3. The third kappa shape index (κ3) is 3.21. The second kappa shape index (κ2) is 5.82. The van der Waals surface area contributed by atoms with Crippen molar-refractivity contribution < 1.29 is 9.53 Å². The zero-order valence-electron chi connectivity index (χ0n) is 14.5. The van der Waals surface area contributed by atoms with Gasteiger partial charge in [0.25, 0.3) is 0 Å². The molecule has 1 aliphatic rings. The van der Waals surface area contributed by atoms with E-state index in [1.807, 2.05) is 6.92 Å². The highest BCUT2D eigenvalue weighted by Gasteiger charge is 2.39. The molecule has 0 aliphatic heterocycles. The van der Waals surface area contributed by atoms with Crippen LogP contribution in [0.5, 0.6) is 0 Å². The zero-order chi connectivity index (χ0) is 16.5. The van der Waals surface area contributed by atoms with Crippen LogP contribution in [0.15, 0.2) is 12.3 Å². The van der Waals surface area contributed by atoms with Gasteiger partial charge >= 0.3 is 5.97 Å². The van der Waals surface area contributed by atoms with Crippen LogP contribution in [0.1, 0.15) is 71.5 Å². The first-order valence-corrected chi connectivity index (χ1v) is 7.91. The van der Waals surface area contributed by atoms with Crippen molar-refractivity contribution in [3.8, 4) is 0 Å². The highest BCUT2D eigenvalue weighted by molar-refractivity contribution is 5.90. The minimum atomic E-state index is -0.334. The highest BCUT2D eigenvalue weighted by Crippen LogP contribution is 2.43. The number of esters is 1. The number of nitrogens with zero attached hydrogens (tertiary/aromatic N) is 2. The Kier molecular flexibility index (Phi) is 4.41. The number of hydrogen-bond donors (Lipinski definition) is 0. The Morgan fingerprint density at radius 2 is 1.82 bits per heavy atom. The molecule has 0 aromatic carbocycles. The number of fused-ring (bicyclic) bond motifs is 1. The summed E-state index contributed by atoms with van der Waals surface area (Å²) >= 11 is 0. The van der Waals surface area contributed by atoms with Crippen LogP contribution in [0, 0.1) is 0 Å². The van der Waals surface area contributed by atoms with Crippen molar-refractivity contribution in [3.63, 3.8) is 0 Å². The molecular weight excluding hydrogens is 276 g/mol. The van der Waals surface area contributed by atoms with Crippen LogP contribution in [-0.2, 0) is 20.4 Å². The molecule has 1 aromatic heterocycles. The van der Waals surface area contributed by atoms with Gasteiger partial charge in [-0.1, -0.05) is 27.7 Å². The molecule has 22 heavy (non-hydrogen) atoms. The van der Waals surface area contributed by atoms with Crippen LogP contribution in [0.4, 0.5) is 0 Å². The topological polar surface area (TPSA) is 52.1 Å². The first-order chi connectivity index (χ1) is 10.2. The summed E-state index contributed by atoms with van der Waals surface area (Å²) in [5, 5.41) is 0. The Morgan fingerprint density at radius 1 is 1.23 bits per heavy atom. The molecule has 1 aromatic rings. The van der Waals surface area contributed by atoms with Crippen LogP contribution in [-0.4, -0.2) is 22.5 Å². The predicted octanol–water partition coefficient (Wildman–Crippen LogP) is 3.79. The summed E-state index contributed by atoms with van der Waals surface area (Å²) < 4.78 is 4.96. The third-order valence-corrected chi connectivity index (χ3v) is 4.45. The van der Waals surface area contributed by atoms with Crippen LogP contribution in [0.2, 0.25) is 0 Å². The van der Waals surface area contributed by atoms with Gasteiger partial charge in [0.1, 0.15) is 0 Å². The maximum absolute atomic E-state index is 11.6. The Bertz CT molecular complexity index is 616. The van der Waals surface area contributed by atoms with Crippen molar-refractivity contribution in [2.24, 2.45) is 0 Å². The normalized spacial score (nSPS) is 19.5. The Labute approximate surface area is 133 Å². The predicted molar refractivity (Wildman–Crippen MR) is 87.6 cm³/mol. The van der Waals surface area contributed by atoms with Gasteiger partial charge in [-0.3, -0.25) is 4.98 Å². The van der Waals surface area contributed by atoms with Crippen LogP contribution in [0.3, 0.4) is 0 Å². The van der Waals surface area contributed by atoms with E-state index in [1.54, 1.807) is 13.1 Å². The lowest BCUT2D eigenvalue weighted by atomic mass is 9.67. The lowest BCUT2D eigenvalue weighted by Gasteiger charge is -2.39. The summed E-state index contributed by atoms with van der Waals surface area (Å²) in [5.74, 6) is -0.334. The Hall–Kier alpha value is -1.71. The monoisotopic (exact) mass is 302 g/mol. The number of aromatic nitrogens is 2. The fourth-order valence-electron chi connectivity index (χ4n) is 2.84. The van der Waals surface area contributed by atoms with Gasteiger partial charge in [-0.15, -0.1) is 0 Å². The summed E-state index contributed by atoms with van der Waals surface area (Å²) in [6, 6.07) is 0. The minimum absolute atomic E-state index is 0.0120. The summed E-state index contributed by atoms with van der Waals surface area (Å²) in [4.78, 5) is 21.1. The molecule has 0 saturated heterocycles. The molecule has 1 aliphatic carbocycles. The zero-order valence-corrected chi connectivity index (χ0v) is 14.5. The fraction of sp³-hybridized carbons (Fsp3) is 0.611. The third-order valence-electron chi connectivity index (χ3n) is 4.45. The van der Waals surface area contributed by atoms with Gasteiger partial charge in [-0.2, -0.15) is 0 Å². The summed E-state index contributed by atoms with van der Waals surface area (Å²) in [6.45, 7) is 12.9. The number of carbonyl (C=O) groups is 1. The molecule has 120 valence electrons. The molecule has 0 spiro atoms. The van der Waals surface area contributed by atoms with Gasteiger partial charge in [-0.05, 0) is 32.3 Å². The van der Waals surface area contributed by atoms with Crippen molar-refractivity contribution in [3.05, 3.63) is 29.4 Å². The van der Waals surface area contributed by atoms with E-state index in [1.165, 1.54) is 6.08 Å². The molecule has 1 heterocycles. The first-order valence-electron chi connectivity index (χ1n) is 7.91. The van der Waals surface area contributed by atoms with Gasteiger partial charge in [-0.25, -0.2) is 9.78 Å². The van der Waals surface area contributed by atoms with Gasteiger partial charge in [0, 0.05) is 16.9 Å². The van der Waals surface area contributed by atoms with E-state index >= 15 is 0 Å². The largest absolute Gasteiger partial charge is 0.463 e. The molecule has 0 bridgehead atoms. The average molecular weight is 302 g/mol. The van der Waals surface area contributed by atoms with Gasteiger partial charge in [0.15, 0.2) is 0 Å². The summed E-state index contributed by atoms with van der Waals surface area (Å²) in [6.07, 6.45) is 5.46. The maximum atomic E-state index is 11.6. The molecule has 4 nitrogen and oxygen atoms in total. The van der Waals surface area contributed by atoms with E-state index in [2.05, 4.69) is 32.7 Å². The molecule has 0 N–H and O–H groups in total. The fourth-order valence-corrected chi connectivity index (χ4v) is 2.84. The molecule has 0 atom stereocenters. The lowest BCUT2D eigenvalue weighted by Crippen LogP contribution is -2.36. The SMILES string of the molecule is CCOC(=O)C=C(C)c1cnc2c(n1)C(C)(C)CCC2(C)C.